The molecule has 0 aliphatic carbocycles. The number of carbonyl (C=O) groups excluding carboxylic acids is 3. The maximum atomic E-state index is 13.2. The highest BCUT2D eigenvalue weighted by Gasteiger charge is 2.50. The van der Waals surface area contributed by atoms with E-state index in [2.05, 4.69) is 106 Å². The molecule has 12 nitrogen and oxygen atoms in total. The number of hydrogen-bond acceptors (Lipinski definition) is 11. The molecule has 6 atom stereocenters. The van der Waals surface area contributed by atoms with Crippen LogP contribution in [-0.4, -0.2) is 89.2 Å². The minimum atomic E-state index is -1.91. The van der Waals surface area contributed by atoms with E-state index in [4.69, 9.17) is 23.7 Å². The van der Waals surface area contributed by atoms with E-state index in [1.165, 1.54) is 38.5 Å². The Bertz CT molecular complexity index is 1660. The second-order valence-corrected chi connectivity index (χ2v) is 20.6. The number of aliphatic hydroxyl groups is 2. The van der Waals surface area contributed by atoms with Gasteiger partial charge >= 0.3 is 23.9 Å². The number of aliphatic hydroxyl groups excluding tert-OH is 2. The van der Waals surface area contributed by atoms with Crippen LogP contribution in [0.15, 0.2) is 85.1 Å². The van der Waals surface area contributed by atoms with Crippen LogP contribution in [0, 0.1) is 0 Å². The summed E-state index contributed by atoms with van der Waals surface area (Å²) in [6.07, 6.45) is 55.4. The van der Waals surface area contributed by atoms with E-state index in [0.717, 1.165) is 154 Å². The van der Waals surface area contributed by atoms with E-state index in [-0.39, 0.29) is 25.9 Å². The highest BCUT2D eigenvalue weighted by molar-refractivity contribution is 5.74. The molecule has 1 aliphatic heterocycles. The van der Waals surface area contributed by atoms with E-state index >= 15 is 0 Å². The molecule has 12 heteroatoms. The van der Waals surface area contributed by atoms with E-state index in [1.54, 1.807) is 0 Å². The fraction of sp³-hybridized carbons (Fsp3) is 0.723. The predicted molar refractivity (Wildman–Crippen MR) is 312 cm³/mol. The first-order valence-corrected chi connectivity index (χ1v) is 30.6. The maximum Gasteiger partial charge on any atom is 0.335 e. The Morgan fingerprint density at radius 2 is 0.844 bits per heavy atom. The first kappa shape index (κ1) is 70.9. The Hall–Kier alpha value is -4.10. The molecule has 0 radical (unpaired) electrons. The van der Waals surface area contributed by atoms with E-state index in [1.807, 2.05) is 0 Å². The lowest BCUT2D eigenvalue weighted by Gasteiger charge is -2.40. The van der Waals surface area contributed by atoms with Crippen LogP contribution in [-0.2, 0) is 42.9 Å². The zero-order valence-corrected chi connectivity index (χ0v) is 48.4. The minimum Gasteiger partial charge on any atom is -0.479 e. The van der Waals surface area contributed by atoms with Gasteiger partial charge in [-0.15, -0.1) is 0 Å². The molecule has 1 fully saturated rings. The fourth-order valence-electron chi connectivity index (χ4n) is 8.74. The van der Waals surface area contributed by atoms with Gasteiger partial charge in [0.25, 0.3) is 0 Å². The van der Waals surface area contributed by atoms with Gasteiger partial charge in [-0.05, 0) is 109 Å². The quantitative estimate of drug-likeness (QED) is 0.0228. The zero-order chi connectivity index (χ0) is 56.1. The predicted octanol–water partition coefficient (Wildman–Crippen LogP) is 15.9. The van der Waals surface area contributed by atoms with Crippen LogP contribution in [0.1, 0.15) is 252 Å². The number of unbranched alkanes of at least 4 members (excludes halogenated alkanes) is 23. The Balaban J connectivity index is 2.70. The summed E-state index contributed by atoms with van der Waals surface area (Å²) in [5, 5.41) is 31.5. The summed E-state index contributed by atoms with van der Waals surface area (Å²) in [5.74, 6) is -3.16. The molecule has 77 heavy (non-hydrogen) atoms. The van der Waals surface area contributed by atoms with Crippen LogP contribution >= 0.6 is 0 Å². The van der Waals surface area contributed by atoms with Crippen molar-refractivity contribution in [2.45, 2.75) is 289 Å². The van der Waals surface area contributed by atoms with Crippen molar-refractivity contribution in [3.63, 3.8) is 0 Å². The van der Waals surface area contributed by atoms with Crippen LogP contribution < -0.4 is 0 Å². The van der Waals surface area contributed by atoms with Crippen molar-refractivity contribution >= 4 is 23.9 Å². The molecular formula is C65H108O12. The third-order valence-electron chi connectivity index (χ3n) is 13.4. The first-order chi connectivity index (χ1) is 37.6. The minimum absolute atomic E-state index is 0.0397. The number of esters is 3. The fourth-order valence-corrected chi connectivity index (χ4v) is 8.74. The summed E-state index contributed by atoms with van der Waals surface area (Å²) in [4.78, 5) is 51.2. The molecule has 0 saturated carbocycles. The molecule has 0 amide bonds. The molecular weight excluding hydrogens is 973 g/mol. The van der Waals surface area contributed by atoms with Gasteiger partial charge in [0.1, 0.15) is 18.8 Å². The van der Waals surface area contributed by atoms with Gasteiger partial charge in [0.05, 0.1) is 6.61 Å². The first-order valence-electron chi connectivity index (χ1n) is 30.6. The van der Waals surface area contributed by atoms with Crippen molar-refractivity contribution in [2.24, 2.45) is 0 Å². The van der Waals surface area contributed by atoms with Crippen LogP contribution in [0.3, 0.4) is 0 Å². The average Bonchev–Trinajstić information content (AvgIpc) is 3.42. The van der Waals surface area contributed by atoms with Crippen molar-refractivity contribution in [3.8, 4) is 0 Å². The normalized spacial score (nSPS) is 18.6. The molecule has 0 aromatic heterocycles. The molecule has 1 rings (SSSR count). The number of ether oxygens (including phenoxy) is 5. The van der Waals surface area contributed by atoms with Crippen molar-refractivity contribution in [1.82, 2.24) is 0 Å². The van der Waals surface area contributed by atoms with Crippen LogP contribution in [0.4, 0.5) is 0 Å². The number of hydrogen-bond donors (Lipinski definition) is 3. The zero-order valence-electron chi connectivity index (χ0n) is 48.4. The highest BCUT2D eigenvalue weighted by Crippen LogP contribution is 2.26. The summed E-state index contributed by atoms with van der Waals surface area (Å²) in [7, 11) is 0. The largest absolute Gasteiger partial charge is 0.479 e. The summed E-state index contributed by atoms with van der Waals surface area (Å²) in [6.45, 7) is 5.78. The molecule has 3 N–H and O–H groups in total. The monoisotopic (exact) mass is 1080 g/mol. The lowest BCUT2D eigenvalue weighted by atomic mass is 9.98. The number of carbonyl (C=O) groups is 4. The van der Waals surface area contributed by atoms with Gasteiger partial charge in [0.15, 0.2) is 24.6 Å². The molecule has 1 heterocycles. The SMILES string of the molecule is CC/C=C\C/C=C\C/C=C\CCCCCCCCCC(=O)OCC(COC1OC(C(=O)O)C(O)C(O)C1OC(=O)CCCCCCC/C=C\C/C=C\CCC)OC(=O)CCCCCCCCC/C=C\C/C=C\CCCCC. The van der Waals surface area contributed by atoms with Crippen LogP contribution in [0.5, 0.6) is 0 Å². The van der Waals surface area contributed by atoms with Crippen LogP contribution in [0.2, 0.25) is 0 Å². The number of rotatable bonds is 51. The molecule has 0 bridgehead atoms. The molecule has 6 unspecified atom stereocenters. The Morgan fingerprint density at radius 3 is 1.30 bits per heavy atom. The van der Waals surface area contributed by atoms with E-state index in [9.17, 15) is 34.5 Å². The summed E-state index contributed by atoms with van der Waals surface area (Å²) < 4.78 is 28.4. The Morgan fingerprint density at radius 1 is 0.442 bits per heavy atom. The topological polar surface area (TPSA) is 175 Å². The molecule has 1 aliphatic rings. The van der Waals surface area contributed by atoms with Gasteiger partial charge in [-0.25, -0.2) is 4.79 Å². The van der Waals surface area contributed by atoms with Crippen molar-refractivity contribution in [2.75, 3.05) is 13.2 Å². The van der Waals surface area contributed by atoms with Crippen molar-refractivity contribution in [1.29, 1.82) is 0 Å². The van der Waals surface area contributed by atoms with Gasteiger partial charge in [-0.2, -0.15) is 0 Å². The van der Waals surface area contributed by atoms with Crippen LogP contribution in [0.25, 0.3) is 0 Å². The van der Waals surface area contributed by atoms with Gasteiger partial charge in [-0.1, -0.05) is 209 Å². The number of carboxylic acids is 1. The molecule has 0 aromatic carbocycles. The van der Waals surface area contributed by atoms with Crippen molar-refractivity contribution in [3.05, 3.63) is 85.1 Å². The Labute approximate surface area is 467 Å². The number of aliphatic carboxylic acids is 1. The molecule has 440 valence electrons. The molecule has 1 saturated heterocycles. The second kappa shape index (κ2) is 52.6. The van der Waals surface area contributed by atoms with Gasteiger partial charge in [0, 0.05) is 19.3 Å². The third kappa shape index (κ3) is 42.5. The van der Waals surface area contributed by atoms with E-state index in [0.29, 0.717) is 19.3 Å². The summed E-state index contributed by atoms with van der Waals surface area (Å²) >= 11 is 0. The second-order valence-electron chi connectivity index (χ2n) is 20.6. The molecule has 0 spiro atoms. The lowest BCUT2D eigenvalue weighted by Crippen LogP contribution is -2.61. The Kier molecular flexibility index (Phi) is 48.4. The van der Waals surface area contributed by atoms with Gasteiger partial charge in [0.2, 0.25) is 0 Å². The standard InChI is InChI=1S/C65H108O12/c1-4-7-10-13-16-19-22-25-27-29-31-34-36-39-42-45-48-51-57(66)73-54-56(75-58(67)52-49-46-43-40-38-35-32-30-28-26-23-20-17-14-11-8-5-2)55-74-65-63(61(70)60(69)62(77-65)64(71)72)76-59(68)53-50-47-44-41-37-33-24-21-18-15-12-9-6-3/h7,10,12,15-17,19-21,24-28,56,60-63,65,69-70H,4-6,8-9,11,13-14,18,22-23,29-55H2,1-3H3,(H,71,72)/b10-7-,15-12-,19-16-,20-17-,24-21-,27-25-,28-26-. The average molecular weight is 1080 g/mol. The maximum absolute atomic E-state index is 13.2. The summed E-state index contributed by atoms with van der Waals surface area (Å²) in [5.41, 5.74) is 0. The van der Waals surface area contributed by atoms with E-state index < -0.39 is 67.3 Å². The number of carboxylic acid groups (broad SMARTS) is 1. The van der Waals surface area contributed by atoms with Crippen molar-refractivity contribution < 1.29 is 58.2 Å². The number of allylic oxidation sites excluding steroid dienone is 14. The van der Waals surface area contributed by atoms with Gasteiger partial charge < -0.3 is 39.0 Å². The molecule has 0 aromatic rings. The highest BCUT2D eigenvalue weighted by atomic mass is 16.7. The lowest BCUT2D eigenvalue weighted by molar-refractivity contribution is -0.301. The summed E-state index contributed by atoms with van der Waals surface area (Å²) in [6, 6.07) is 0. The third-order valence-corrected chi connectivity index (χ3v) is 13.4. The van der Waals surface area contributed by atoms with Gasteiger partial charge in [-0.3, -0.25) is 14.4 Å². The smallest absolute Gasteiger partial charge is 0.335 e.